The first-order chi connectivity index (χ1) is 8.74. The molecule has 7 heteroatoms. The van der Waals surface area contributed by atoms with Crippen molar-refractivity contribution in [2.75, 3.05) is 11.9 Å². The lowest BCUT2D eigenvalue weighted by Crippen LogP contribution is -2.20. The average molecular weight is 302 g/mol. The molecule has 1 aromatic carbocycles. The van der Waals surface area contributed by atoms with E-state index < -0.39 is 0 Å². The number of nitrogens with one attached hydrogen (secondary N) is 1. The zero-order valence-corrected chi connectivity index (χ0v) is 11.5. The lowest BCUT2D eigenvalue weighted by Gasteiger charge is -2.27. The average Bonchev–Trinajstić information content (AvgIpc) is 2.83. The van der Waals surface area contributed by atoms with Gasteiger partial charge in [-0.3, -0.25) is 0 Å². The van der Waals surface area contributed by atoms with E-state index in [9.17, 15) is 0 Å². The minimum Gasteiger partial charge on any atom is -0.492 e. The van der Waals surface area contributed by atoms with Crippen molar-refractivity contribution in [2.45, 2.75) is 12.5 Å². The molecule has 1 N–H and O–H groups in total. The molecular weight excluding hydrogens is 293 g/mol. The molecule has 1 aliphatic rings. The number of hydrogen-bond donors (Lipinski definition) is 1. The van der Waals surface area contributed by atoms with Crippen molar-refractivity contribution < 1.29 is 4.74 Å². The second kappa shape index (κ2) is 4.91. The summed E-state index contributed by atoms with van der Waals surface area (Å²) < 4.78 is 5.60. The van der Waals surface area contributed by atoms with Gasteiger partial charge in [-0.2, -0.15) is 0 Å². The van der Waals surface area contributed by atoms with Crippen molar-refractivity contribution in [3.63, 3.8) is 0 Å². The van der Waals surface area contributed by atoms with Gasteiger partial charge in [-0.25, -0.2) is 0 Å². The van der Waals surface area contributed by atoms with Crippen LogP contribution in [-0.2, 0) is 0 Å². The highest BCUT2D eigenvalue weighted by Gasteiger charge is 2.24. The summed E-state index contributed by atoms with van der Waals surface area (Å²) in [4.78, 5) is 0. The Kier molecular flexibility index (Phi) is 3.28. The van der Waals surface area contributed by atoms with Crippen molar-refractivity contribution in [3.8, 4) is 5.75 Å². The number of aromatic nitrogens is 2. The van der Waals surface area contributed by atoms with E-state index in [4.69, 9.17) is 27.9 Å². The Labute approximate surface area is 118 Å². The molecule has 1 aliphatic heterocycles. The molecule has 0 saturated carbocycles. The second-order valence-electron chi connectivity index (χ2n) is 3.88. The number of rotatable bonds is 2. The Morgan fingerprint density at radius 1 is 1.39 bits per heavy atom. The molecule has 2 heterocycles. The van der Waals surface area contributed by atoms with Crippen LogP contribution < -0.4 is 10.1 Å². The minimum atomic E-state index is 0.0953. The van der Waals surface area contributed by atoms with Gasteiger partial charge in [-0.1, -0.05) is 34.5 Å². The first-order valence-corrected chi connectivity index (χ1v) is 7.02. The lowest BCUT2D eigenvalue weighted by molar-refractivity contribution is 0.274. The third kappa shape index (κ3) is 2.25. The number of hydrogen-bond acceptors (Lipinski definition) is 5. The number of ether oxygens (including phenoxy) is 1. The van der Waals surface area contributed by atoms with Crippen LogP contribution in [0.5, 0.6) is 5.75 Å². The van der Waals surface area contributed by atoms with Gasteiger partial charge in [0, 0.05) is 17.0 Å². The van der Waals surface area contributed by atoms with Crippen molar-refractivity contribution >= 4 is 39.7 Å². The molecule has 18 heavy (non-hydrogen) atoms. The number of benzene rings is 1. The van der Waals surface area contributed by atoms with E-state index in [0.29, 0.717) is 22.4 Å². The third-order valence-corrected chi connectivity index (χ3v) is 3.84. The minimum absolute atomic E-state index is 0.0953. The van der Waals surface area contributed by atoms with Gasteiger partial charge in [0.1, 0.15) is 11.3 Å². The summed E-state index contributed by atoms with van der Waals surface area (Å²) in [6, 6.07) is 3.66. The van der Waals surface area contributed by atoms with Gasteiger partial charge < -0.3 is 10.1 Å². The normalized spacial score (nSPS) is 18.0. The van der Waals surface area contributed by atoms with Crippen LogP contribution in [0.1, 0.15) is 18.0 Å². The molecule has 0 spiro atoms. The molecule has 1 atom stereocenters. The highest BCUT2D eigenvalue weighted by molar-refractivity contribution is 7.13. The maximum atomic E-state index is 6.13. The monoisotopic (exact) mass is 301 g/mol. The van der Waals surface area contributed by atoms with Crippen LogP contribution >= 0.6 is 34.5 Å². The number of anilines is 1. The molecule has 1 unspecified atom stereocenters. The Bertz CT molecular complexity index is 562. The summed E-state index contributed by atoms with van der Waals surface area (Å²) >= 11 is 13.6. The van der Waals surface area contributed by atoms with E-state index in [1.807, 2.05) is 6.07 Å². The van der Waals surface area contributed by atoms with Crippen LogP contribution in [0.2, 0.25) is 10.0 Å². The molecule has 4 nitrogen and oxygen atoms in total. The van der Waals surface area contributed by atoms with E-state index in [1.165, 1.54) is 11.3 Å². The van der Waals surface area contributed by atoms with Gasteiger partial charge in [-0.15, -0.1) is 10.2 Å². The molecule has 3 rings (SSSR count). The van der Waals surface area contributed by atoms with Crippen LogP contribution in [-0.4, -0.2) is 16.8 Å². The van der Waals surface area contributed by atoms with Crippen LogP contribution in [0.4, 0.5) is 5.13 Å². The van der Waals surface area contributed by atoms with E-state index in [0.717, 1.165) is 17.1 Å². The second-order valence-corrected chi connectivity index (χ2v) is 5.56. The summed E-state index contributed by atoms with van der Waals surface area (Å²) in [6.45, 7) is 0.616. The van der Waals surface area contributed by atoms with E-state index in [1.54, 1.807) is 11.6 Å². The molecule has 0 bridgehead atoms. The van der Waals surface area contributed by atoms with Crippen molar-refractivity contribution in [2.24, 2.45) is 0 Å². The summed E-state index contributed by atoms with van der Waals surface area (Å²) in [6.07, 6.45) is 0.837. The maximum Gasteiger partial charge on any atom is 0.205 e. The van der Waals surface area contributed by atoms with Crippen molar-refractivity contribution in [1.29, 1.82) is 0 Å². The van der Waals surface area contributed by atoms with Gasteiger partial charge in [0.05, 0.1) is 17.7 Å². The molecular formula is C11H9Cl2N3OS. The summed E-state index contributed by atoms with van der Waals surface area (Å²) in [5, 5.41) is 13.0. The Hall–Kier alpha value is -1.04. The van der Waals surface area contributed by atoms with Gasteiger partial charge >= 0.3 is 0 Å². The van der Waals surface area contributed by atoms with E-state index in [-0.39, 0.29) is 6.04 Å². The maximum absolute atomic E-state index is 6.13. The Morgan fingerprint density at radius 2 is 2.28 bits per heavy atom. The molecule has 2 aromatic rings. The predicted molar refractivity (Wildman–Crippen MR) is 72.8 cm³/mol. The quantitative estimate of drug-likeness (QED) is 0.917. The summed E-state index contributed by atoms with van der Waals surface area (Å²) in [7, 11) is 0. The van der Waals surface area contributed by atoms with Crippen LogP contribution in [0.15, 0.2) is 17.6 Å². The number of fused-ring (bicyclic) bond motifs is 1. The van der Waals surface area contributed by atoms with Gasteiger partial charge in [0.25, 0.3) is 0 Å². The smallest absolute Gasteiger partial charge is 0.205 e. The zero-order valence-electron chi connectivity index (χ0n) is 9.19. The van der Waals surface area contributed by atoms with Crippen molar-refractivity contribution in [3.05, 3.63) is 33.3 Å². The molecule has 0 fully saturated rings. The zero-order chi connectivity index (χ0) is 12.5. The fraction of sp³-hybridized carbons (Fsp3) is 0.273. The van der Waals surface area contributed by atoms with E-state index >= 15 is 0 Å². The Balaban J connectivity index is 1.96. The fourth-order valence-electron chi connectivity index (χ4n) is 1.96. The summed E-state index contributed by atoms with van der Waals surface area (Å²) in [5.74, 6) is 0.703. The van der Waals surface area contributed by atoms with Gasteiger partial charge in [0.2, 0.25) is 5.13 Å². The largest absolute Gasteiger partial charge is 0.492 e. The molecule has 1 aromatic heterocycles. The number of nitrogens with zero attached hydrogens (tertiary/aromatic N) is 2. The molecule has 0 amide bonds. The van der Waals surface area contributed by atoms with Crippen molar-refractivity contribution in [1.82, 2.24) is 10.2 Å². The van der Waals surface area contributed by atoms with Crippen LogP contribution in [0.25, 0.3) is 0 Å². The highest BCUT2D eigenvalue weighted by Crippen LogP contribution is 2.41. The first kappa shape index (κ1) is 12.0. The standard InChI is InChI=1S/C11H9Cl2N3OS/c12-6-3-7-9(15-11-16-14-5-18-11)1-2-17-10(7)8(13)4-6/h3-5,9H,1-2H2,(H,15,16). The summed E-state index contributed by atoms with van der Waals surface area (Å²) in [5.41, 5.74) is 2.65. The SMILES string of the molecule is Clc1cc(Cl)c2c(c1)C(Nc1nncs1)CCO2. The van der Waals surface area contributed by atoms with Gasteiger partial charge in [-0.05, 0) is 12.1 Å². The van der Waals surface area contributed by atoms with Crippen LogP contribution in [0, 0.1) is 0 Å². The molecule has 0 radical (unpaired) electrons. The highest BCUT2D eigenvalue weighted by atomic mass is 35.5. The van der Waals surface area contributed by atoms with Crippen LogP contribution in [0.3, 0.4) is 0 Å². The van der Waals surface area contributed by atoms with E-state index in [2.05, 4.69) is 15.5 Å². The Morgan fingerprint density at radius 3 is 3.06 bits per heavy atom. The number of halogens is 2. The lowest BCUT2D eigenvalue weighted by atomic mass is 10.0. The first-order valence-electron chi connectivity index (χ1n) is 5.38. The molecule has 94 valence electrons. The van der Waals surface area contributed by atoms with Gasteiger partial charge in [0.15, 0.2) is 0 Å². The topological polar surface area (TPSA) is 47.0 Å². The third-order valence-electron chi connectivity index (χ3n) is 2.72. The molecule has 0 saturated heterocycles. The predicted octanol–water partition coefficient (Wildman–Crippen LogP) is 3.78. The molecule has 0 aliphatic carbocycles. The fourth-order valence-corrected chi connectivity index (χ4v) is 3.02.